The van der Waals surface area contributed by atoms with Gasteiger partial charge in [0, 0.05) is 13.1 Å². The normalized spacial score (nSPS) is 17.2. The number of benzene rings is 2. The van der Waals surface area contributed by atoms with Crippen LogP contribution in [0.15, 0.2) is 42.5 Å². The first-order chi connectivity index (χ1) is 10.3. The Bertz CT molecular complexity index is 707. The largest absolute Gasteiger partial charge is 0.444 e. The van der Waals surface area contributed by atoms with Crippen LogP contribution in [0, 0.1) is 0 Å². The van der Waals surface area contributed by atoms with Crippen LogP contribution in [0.3, 0.4) is 0 Å². The number of hydrogen-bond acceptors (Lipinski definition) is 3. The van der Waals surface area contributed by atoms with Crippen molar-refractivity contribution < 1.29 is 9.53 Å². The maximum atomic E-state index is 12.1. The molecule has 0 radical (unpaired) electrons. The molecule has 1 aliphatic heterocycles. The van der Waals surface area contributed by atoms with Crippen LogP contribution in [0.1, 0.15) is 26.3 Å². The molecule has 0 atom stereocenters. The Labute approximate surface area is 130 Å². The number of amides is 1. The lowest BCUT2D eigenvalue weighted by Crippen LogP contribution is -2.66. The summed E-state index contributed by atoms with van der Waals surface area (Å²) >= 11 is 0. The zero-order valence-electron chi connectivity index (χ0n) is 13.3. The van der Waals surface area contributed by atoms with Crippen molar-refractivity contribution in [3.8, 4) is 0 Å². The Morgan fingerprint density at radius 2 is 1.77 bits per heavy atom. The Hall–Kier alpha value is -2.07. The van der Waals surface area contributed by atoms with E-state index < -0.39 is 11.1 Å². The van der Waals surface area contributed by atoms with Gasteiger partial charge in [0.2, 0.25) is 0 Å². The minimum atomic E-state index is -0.502. The molecule has 0 bridgehead atoms. The molecule has 0 aromatic heterocycles. The van der Waals surface area contributed by atoms with Crippen LogP contribution >= 0.6 is 0 Å². The summed E-state index contributed by atoms with van der Waals surface area (Å²) in [7, 11) is 0. The van der Waals surface area contributed by atoms with Crippen LogP contribution in [0.25, 0.3) is 10.8 Å². The van der Waals surface area contributed by atoms with E-state index in [1.165, 1.54) is 5.39 Å². The Morgan fingerprint density at radius 3 is 2.45 bits per heavy atom. The molecule has 116 valence electrons. The van der Waals surface area contributed by atoms with Crippen molar-refractivity contribution in [2.24, 2.45) is 5.73 Å². The first-order valence-electron chi connectivity index (χ1n) is 7.54. The zero-order valence-corrected chi connectivity index (χ0v) is 13.3. The number of nitrogens with zero attached hydrogens (tertiary/aromatic N) is 1. The molecule has 22 heavy (non-hydrogen) atoms. The number of rotatable bonds is 1. The van der Waals surface area contributed by atoms with Gasteiger partial charge in [0.05, 0.1) is 5.54 Å². The minimum absolute atomic E-state index is 0.297. The van der Waals surface area contributed by atoms with Gasteiger partial charge in [0.1, 0.15) is 5.60 Å². The van der Waals surface area contributed by atoms with Crippen LogP contribution in [-0.2, 0) is 10.3 Å². The lowest BCUT2D eigenvalue weighted by molar-refractivity contribution is -0.00862. The third-order valence-corrected chi connectivity index (χ3v) is 3.92. The average molecular weight is 298 g/mol. The fourth-order valence-electron chi connectivity index (χ4n) is 2.92. The Kier molecular flexibility index (Phi) is 3.37. The second kappa shape index (κ2) is 4.99. The summed E-state index contributed by atoms with van der Waals surface area (Å²) in [5.74, 6) is 0. The maximum absolute atomic E-state index is 12.1. The summed E-state index contributed by atoms with van der Waals surface area (Å²) in [5.41, 5.74) is 6.64. The van der Waals surface area contributed by atoms with Crippen molar-refractivity contribution in [2.45, 2.75) is 31.9 Å². The molecule has 3 rings (SSSR count). The number of fused-ring (bicyclic) bond motifs is 1. The predicted octanol–water partition coefficient (Wildman–Crippen LogP) is 3.24. The molecule has 4 nitrogen and oxygen atoms in total. The highest BCUT2D eigenvalue weighted by Gasteiger charge is 2.45. The molecule has 0 saturated carbocycles. The fraction of sp³-hybridized carbons (Fsp3) is 0.389. The van der Waals surface area contributed by atoms with Crippen molar-refractivity contribution in [3.63, 3.8) is 0 Å². The molecule has 1 fully saturated rings. The van der Waals surface area contributed by atoms with Crippen LogP contribution < -0.4 is 5.73 Å². The third-order valence-electron chi connectivity index (χ3n) is 3.92. The molecule has 4 heteroatoms. The van der Waals surface area contributed by atoms with Crippen molar-refractivity contribution >= 4 is 16.9 Å². The number of nitrogens with two attached hydrogens (primary N) is 1. The fourth-order valence-corrected chi connectivity index (χ4v) is 2.92. The van der Waals surface area contributed by atoms with E-state index in [1.807, 2.05) is 39.0 Å². The maximum Gasteiger partial charge on any atom is 0.410 e. The first kappa shape index (κ1) is 14.9. The van der Waals surface area contributed by atoms with Gasteiger partial charge in [0.15, 0.2) is 0 Å². The molecule has 2 aromatic rings. The van der Waals surface area contributed by atoms with Gasteiger partial charge >= 0.3 is 6.09 Å². The highest BCUT2D eigenvalue weighted by molar-refractivity contribution is 5.87. The van der Waals surface area contributed by atoms with E-state index >= 15 is 0 Å². The molecule has 1 aliphatic rings. The summed E-state index contributed by atoms with van der Waals surface area (Å²) in [6, 6.07) is 14.3. The van der Waals surface area contributed by atoms with E-state index in [2.05, 4.69) is 24.3 Å². The monoisotopic (exact) mass is 298 g/mol. The van der Waals surface area contributed by atoms with Crippen molar-refractivity contribution in [1.29, 1.82) is 0 Å². The molecular weight excluding hydrogens is 276 g/mol. The van der Waals surface area contributed by atoms with Crippen LogP contribution in [0.2, 0.25) is 0 Å². The molecule has 1 amide bonds. The number of carbonyl (C=O) groups excluding carboxylic acids is 1. The lowest BCUT2D eigenvalue weighted by Gasteiger charge is -2.48. The van der Waals surface area contributed by atoms with E-state index in [4.69, 9.17) is 10.5 Å². The third kappa shape index (κ3) is 2.66. The molecule has 1 saturated heterocycles. The molecule has 2 N–H and O–H groups in total. The highest BCUT2D eigenvalue weighted by atomic mass is 16.6. The molecule has 0 unspecified atom stereocenters. The van der Waals surface area contributed by atoms with Gasteiger partial charge in [-0.25, -0.2) is 4.79 Å². The highest BCUT2D eigenvalue weighted by Crippen LogP contribution is 2.34. The second-order valence-corrected chi connectivity index (χ2v) is 7.02. The van der Waals surface area contributed by atoms with Gasteiger partial charge in [0.25, 0.3) is 0 Å². The summed E-state index contributed by atoms with van der Waals surface area (Å²) in [6.07, 6.45) is -0.297. The Balaban J connectivity index is 1.81. The zero-order chi connectivity index (χ0) is 16.0. The SMILES string of the molecule is CC(C)(C)OC(=O)N1CC(N)(c2cccc3ccccc23)C1. The summed E-state index contributed by atoms with van der Waals surface area (Å²) in [4.78, 5) is 13.7. The van der Waals surface area contributed by atoms with Crippen molar-refractivity contribution in [3.05, 3.63) is 48.0 Å². The predicted molar refractivity (Wildman–Crippen MR) is 87.6 cm³/mol. The van der Waals surface area contributed by atoms with E-state index in [1.54, 1.807) is 4.90 Å². The molecule has 0 spiro atoms. The number of carbonyl (C=O) groups is 1. The van der Waals surface area contributed by atoms with Gasteiger partial charge in [-0.3, -0.25) is 0 Å². The summed E-state index contributed by atoms with van der Waals surface area (Å²) in [6.45, 7) is 6.56. The van der Waals surface area contributed by atoms with E-state index in [-0.39, 0.29) is 6.09 Å². The molecule has 1 heterocycles. The van der Waals surface area contributed by atoms with E-state index in [0.717, 1.165) is 10.9 Å². The smallest absolute Gasteiger partial charge is 0.410 e. The second-order valence-electron chi connectivity index (χ2n) is 7.02. The topological polar surface area (TPSA) is 55.6 Å². The first-order valence-corrected chi connectivity index (χ1v) is 7.54. The average Bonchev–Trinajstić information content (AvgIpc) is 2.41. The number of likely N-dealkylation sites (tertiary alicyclic amines) is 1. The van der Waals surface area contributed by atoms with Gasteiger partial charge < -0.3 is 15.4 Å². The van der Waals surface area contributed by atoms with Crippen LogP contribution in [-0.4, -0.2) is 29.7 Å². The van der Waals surface area contributed by atoms with Gasteiger partial charge in [-0.15, -0.1) is 0 Å². The van der Waals surface area contributed by atoms with Gasteiger partial charge in [-0.2, -0.15) is 0 Å². The van der Waals surface area contributed by atoms with Gasteiger partial charge in [-0.1, -0.05) is 42.5 Å². The van der Waals surface area contributed by atoms with E-state index in [9.17, 15) is 4.79 Å². The summed E-state index contributed by atoms with van der Waals surface area (Å²) in [5, 5.41) is 2.32. The lowest BCUT2D eigenvalue weighted by atomic mass is 9.81. The number of hydrogen-bond donors (Lipinski definition) is 1. The van der Waals surface area contributed by atoms with Gasteiger partial charge in [-0.05, 0) is 37.1 Å². The standard InChI is InChI=1S/C18H22N2O2/c1-17(2,3)22-16(21)20-11-18(19,12-20)15-10-6-8-13-7-4-5-9-14(13)15/h4-10H,11-12,19H2,1-3H3. The molecular formula is C18H22N2O2. The Morgan fingerprint density at radius 1 is 1.14 bits per heavy atom. The van der Waals surface area contributed by atoms with E-state index in [0.29, 0.717) is 13.1 Å². The van der Waals surface area contributed by atoms with Crippen molar-refractivity contribution in [1.82, 2.24) is 4.90 Å². The van der Waals surface area contributed by atoms with Crippen molar-refractivity contribution in [2.75, 3.05) is 13.1 Å². The molecule has 2 aromatic carbocycles. The molecule has 0 aliphatic carbocycles. The quantitative estimate of drug-likeness (QED) is 0.879. The number of ether oxygens (including phenoxy) is 1. The van der Waals surface area contributed by atoms with Crippen LogP contribution in [0.5, 0.6) is 0 Å². The van der Waals surface area contributed by atoms with Crippen LogP contribution in [0.4, 0.5) is 4.79 Å². The minimum Gasteiger partial charge on any atom is -0.444 e. The summed E-state index contributed by atoms with van der Waals surface area (Å²) < 4.78 is 5.39.